The lowest BCUT2D eigenvalue weighted by atomic mass is 9.86. The first kappa shape index (κ1) is 14.4. The van der Waals surface area contributed by atoms with Crippen molar-refractivity contribution in [3.63, 3.8) is 0 Å². The predicted octanol–water partition coefficient (Wildman–Crippen LogP) is 3.73. The Balaban J connectivity index is 2.10. The van der Waals surface area contributed by atoms with Crippen LogP contribution < -0.4 is 10.2 Å². The van der Waals surface area contributed by atoms with Crippen molar-refractivity contribution in [2.45, 2.75) is 52.1 Å². The summed E-state index contributed by atoms with van der Waals surface area (Å²) in [6, 6.07) is 7.60. The standard InChI is InChI=1S/C17H28N2/c1-13-6-5-7-16(10-13)19(4)17-9-8-15(12-18-3)14(2)11-17/h8-9,11,13,16,18H,5-7,10,12H2,1-4H3. The van der Waals surface area contributed by atoms with Crippen molar-refractivity contribution < 1.29 is 0 Å². The highest BCUT2D eigenvalue weighted by Gasteiger charge is 2.22. The molecule has 0 aliphatic heterocycles. The number of nitrogens with zero attached hydrogens (tertiary/aromatic N) is 1. The van der Waals surface area contributed by atoms with Gasteiger partial charge in [-0.05, 0) is 56.0 Å². The molecule has 0 spiro atoms. The minimum absolute atomic E-state index is 0.721. The van der Waals surface area contributed by atoms with Crippen LogP contribution >= 0.6 is 0 Å². The van der Waals surface area contributed by atoms with E-state index >= 15 is 0 Å². The Morgan fingerprint density at radius 1 is 1.32 bits per heavy atom. The van der Waals surface area contributed by atoms with Gasteiger partial charge >= 0.3 is 0 Å². The first-order valence-electron chi connectivity index (χ1n) is 7.58. The molecule has 0 bridgehead atoms. The molecule has 2 unspecified atom stereocenters. The van der Waals surface area contributed by atoms with Gasteiger partial charge in [-0.3, -0.25) is 0 Å². The van der Waals surface area contributed by atoms with E-state index in [1.807, 2.05) is 7.05 Å². The highest BCUT2D eigenvalue weighted by Crippen LogP contribution is 2.30. The van der Waals surface area contributed by atoms with Gasteiger partial charge in [0.25, 0.3) is 0 Å². The van der Waals surface area contributed by atoms with Crippen LogP contribution in [-0.2, 0) is 6.54 Å². The fourth-order valence-corrected chi connectivity index (χ4v) is 3.25. The molecule has 0 heterocycles. The van der Waals surface area contributed by atoms with E-state index in [0.29, 0.717) is 0 Å². The zero-order valence-corrected chi connectivity index (χ0v) is 12.9. The fourth-order valence-electron chi connectivity index (χ4n) is 3.25. The Morgan fingerprint density at radius 3 is 2.74 bits per heavy atom. The van der Waals surface area contributed by atoms with Gasteiger partial charge in [0.1, 0.15) is 0 Å². The van der Waals surface area contributed by atoms with Crippen LogP contribution in [0.15, 0.2) is 18.2 Å². The van der Waals surface area contributed by atoms with Crippen LogP contribution in [0.2, 0.25) is 0 Å². The summed E-state index contributed by atoms with van der Waals surface area (Å²) in [7, 11) is 4.26. The van der Waals surface area contributed by atoms with Gasteiger partial charge in [0.15, 0.2) is 0 Å². The molecule has 1 saturated carbocycles. The molecule has 2 heteroatoms. The third-order valence-electron chi connectivity index (χ3n) is 4.56. The minimum Gasteiger partial charge on any atom is -0.372 e. The second kappa shape index (κ2) is 6.42. The predicted molar refractivity (Wildman–Crippen MR) is 83.8 cm³/mol. The van der Waals surface area contributed by atoms with Gasteiger partial charge in [0.2, 0.25) is 0 Å². The molecular formula is C17H28N2. The monoisotopic (exact) mass is 260 g/mol. The van der Waals surface area contributed by atoms with Crippen LogP contribution in [0, 0.1) is 12.8 Å². The molecule has 1 aliphatic carbocycles. The van der Waals surface area contributed by atoms with Crippen LogP contribution in [0.4, 0.5) is 5.69 Å². The molecule has 19 heavy (non-hydrogen) atoms. The smallest absolute Gasteiger partial charge is 0.0368 e. The number of benzene rings is 1. The van der Waals surface area contributed by atoms with Crippen LogP contribution in [0.25, 0.3) is 0 Å². The summed E-state index contributed by atoms with van der Waals surface area (Å²) in [4.78, 5) is 2.49. The summed E-state index contributed by atoms with van der Waals surface area (Å²) < 4.78 is 0. The Hall–Kier alpha value is -1.02. The summed E-state index contributed by atoms with van der Waals surface area (Å²) in [5.74, 6) is 0.880. The average Bonchev–Trinajstić information content (AvgIpc) is 2.40. The molecule has 1 aliphatic rings. The van der Waals surface area contributed by atoms with E-state index in [0.717, 1.165) is 18.5 Å². The molecule has 2 rings (SSSR count). The second-order valence-electron chi connectivity index (χ2n) is 6.18. The normalized spacial score (nSPS) is 23.4. The average molecular weight is 260 g/mol. The highest BCUT2D eigenvalue weighted by atomic mass is 15.1. The molecule has 1 fully saturated rings. The Kier molecular flexibility index (Phi) is 4.87. The van der Waals surface area contributed by atoms with Gasteiger partial charge in [-0.1, -0.05) is 25.8 Å². The number of rotatable bonds is 4. The van der Waals surface area contributed by atoms with Gasteiger partial charge < -0.3 is 10.2 Å². The molecule has 2 atom stereocenters. The first-order chi connectivity index (χ1) is 9.11. The lowest BCUT2D eigenvalue weighted by molar-refractivity contribution is 0.336. The Labute approximate surface area is 118 Å². The molecule has 1 aromatic carbocycles. The summed E-state index contributed by atoms with van der Waals surface area (Å²) in [5, 5.41) is 3.23. The lowest BCUT2D eigenvalue weighted by Crippen LogP contribution is -2.35. The Morgan fingerprint density at radius 2 is 2.11 bits per heavy atom. The van der Waals surface area contributed by atoms with E-state index in [2.05, 4.69) is 49.3 Å². The van der Waals surface area contributed by atoms with Crippen molar-refractivity contribution in [3.05, 3.63) is 29.3 Å². The molecule has 1 N–H and O–H groups in total. The maximum absolute atomic E-state index is 3.23. The number of hydrogen-bond acceptors (Lipinski definition) is 2. The highest BCUT2D eigenvalue weighted by molar-refractivity contribution is 5.51. The number of hydrogen-bond donors (Lipinski definition) is 1. The van der Waals surface area contributed by atoms with Crippen LogP contribution in [0.5, 0.6) is 0 Å². The van der Waals surface area contributed by atoms with E-state index < -0.39 is 0 Å². The summed E-state index contributed by atoms with van der Waals surface area (Å²) >= 11 is 0. The van der Waals surface area contributed by atoms with Crippen molar-refractivity contribution in [1.29, 1.82) is 0 Å². The van der Waals surface area contributed by atoms with Crippen molar-refractivity contribution in [2.75, 3.05) is 19.0 Å². The SMILES string of the molecule is CNCc1ccc(N(C)C2CCCC(C)C2)cc1C. The molecule has 1 aromatic rings. The molecular weight excluding hydrogens is 232 g/mol. The number of aryl methyl sites for hydroxylation is 1. The summed E-state index contributed by atoms with van der Waals surface area (Å²) in [6.07, 6.45) is 5.48. The molecule has 0 saturated heterocycles. The summed E-state index contributed by atoms with van der Waals surface area (Å²) in [5.41, 5.74) is 4.16. The van der Waals surface area contributed by atoms with Crippen molar-refractivity contribution in [3.8, 4) is 0 Å². The Bertz CT molecular complexity index is 414. The van der Waals surface area contributed by atoms with E-state index in [-0.39, 0.29) is 0 Å². The quantitative estimate of drug-likeness (QED) is 0.887. The maximum atomic E-state index is 3.23. The van der Waals surface area contributed by atoms with Gasteiger partial charge in [0.05, 0.1) is 0 Å². The molecule has 0 amide bonds. The van der Waals surface area contributed by atoms with Crippen LogP contribution in [0.3, 0.4) is 0 Å². The topological polar surface area (TPSA) is 15.3 Å². The second-order valence-corrected chi connectivity index (χ2v) is 6.18. The van der Waals surface area contributed by atoms with E-state index in [1.54, 1.807) is 0 Å². The third-order valence-corrected chi connectivity index (χ3v) is 4.56. The molecule has 0 radical (unpaired) electrons. The van der Waals surface area contributed by atoms with E-state index in [9.17, 15) is 0 Å². The fraction of sp³-hybridized carbons (Fsp3) is 0.647. The minimum atomic E-state index is 0.721. The maximum Gasteiger partial charge on any atom is 0.0368 e. The molecule has 106 valence electrons. The lowest BCUT2D eigenvalue weighted by Gasteiger charge is -2.36. The zero-order chi connectivity index (χ0) is 13.8. The van der Waals surface area contributed by atoms with Gasteiger partial charge in [0, 0.05) is 25.3 Å². The van der Waals surface area contributed by atoms with Crippen LogP contribution in [0.1, 0.15) is 43.7 Å². The molecule has 2 nitrogen and oxygen atoms in total. The first-order valence-corrected chi connectivity index (χ1v) is 7.58. The third kappa shape index (κ3) is 3.50. The van der Waals surface area contributed by atoms with Gasteiger partial charge in [-0.25, -0.2) is 0 Å². The van der Waals surface area contributed by atoms with Crippen molar-refractivity contribution in [2.24, 2.45) is 5.92 Å². The van der Waals surface area contributed by atoms with Crippen molar-refractivity contribution >= 4 is 5.69 Å². The van der Waals surface area contributed by atoms with Gasteiger partial charge in [-0.2, -0.15) is 0 Å². The van der Waals surface area contributed by atoms with E-state index in [1.165, 1.54) is 42.5 Å². The van der Waals surface area contributed by atoms with E-state index in [4.69, 9.17) is 0 Å². The molecule has 0 aromatic heterocycles. The number of anilines is 1. The van der Waals surface area contributed by atoms with Gasteiger partial charge in [-0.15, -0.1) is 0 Å². The zero-order valence-electron chi connectivity index (χ0n) is 12.9. The largest absolute Gasteiger partial charge is 0.372 e. The van der Waals surface area contributed by atoms with Crippen molar-refractivity contribution in [1.82, 2.24) is 5.32 Å². The number of nitrogens with one attached hydrogen (secondary N) is 1. The summed E-state index contributed by atoms with van der Waals surface area (Å²) in [6.45, 7) is 5.56. The van der Waals surface area contributed by atoms with Crippen LogP contribution in [-0.4, -0.2) is 20.1 Å².